The first-order chi connectivity index (χ1) is 9.79. The number of amides is 2. The van der Waals surface area contributed by atoms with E-state index in [1.807, 2.05) is 20.8 Å². The highest BCUT2D eigenvalue weighted by molar-refractivity contribution is 5.73. The molecule has 1 aliphatic heterocycles. The van der Waals surface area contributed by atoms with Crippen LogP contribution in [0.2, 0.25) is 0 Å². The Bertz CT molecular complexity index is 307. The Labute approximate surface area is 129 Å². The van der Waals surface area contributed by atoms with Crippen LogP contribution in [0.25, 0.3) is 0 Å². The maximum atomic E-state index is 11.6. The lowest BCUT2D eigenvalue weighted by Gasteiger charge is -2.30. The molecule has 0 saturated carbocycles. The monoisotopic (exact) mass is 299 g/mol. The summed E-state index contributed by atoms with van der Waals surface area (Å²) in [7, 11) is 0. The third kappa shape index (κ3) is 7.67. The molecule has 21 heavy (non-hydrogen) atoms. The average Bonchev–Trinajstić information content (AvgIpc) is 2.41. The first kappa shape index (κ1) is 18.2. The van der Waals surface area contributed by atoms with Crippen LogP contribution in [0.3, 0.4) is 0 Å². The summed E-state index contributed by atoms with van der Waals surface area (Å²) in [6.07, 6.45) is 3.03. The van der Waals surface area contributed by atoms with E-state index < -0.39 is 6.10 Å². The molecule has 0 aliphatic carbocycles. The maximum Gasteiger partial charge on any atom is 0.314 e. The number of aliphatic hydroxyl groups is 1. The van der Waals surface area contributed by atoms with Gasteiger partial charge < -0.3 is 20.6 Å². The highest BCUT2D eigenvalue weighted by Gasteiger charge is 2.22. The summed E-state index contributed by atoms with van der Waals surface area (Å²) in [6.45, 7) is 12.6. The molecule has 0 aromatic heterocycles. The molecular weight excluding hydrogens is 266 g/mol. The molecule has 1 fully saturated rings. The van der Waals surface area contributed by atoms with Gasteiger partial charge in [0.05, 0.1) is 6.10 Å². The van der Waals surface area contributed by atoms with Gasteiger partial charge in [-0.05, 0) is 50.2 Å². The Morgan fingerprint density at radius 3 is 2.48 bits per heavy atom. The summed E-state index contributed by atoms with van der Waals surface area (Å²) in [5.74, 6) is 0.861. The number of hydrogen-bond acceptors (Lipinski definition) is 3. The Kier molecular flexibility index (Phi) is 7.46. The van der Waals surface area contributed by atoms with Gasteiger partial charge in [-0.2, -0.15) is 0 Å². The number of carbonyl (C=O) groups excluding carboxylic acids is 1. The fourth-order valence-electron chi connectivity index (χ4n) is 2.35. The molecule has 5 heteroatoms. The van der Waals surface area contributed by atoms with Crippen molar-refractivity contribution in [1.82, 2.24) is 15.5 Å². The maximum absolute atomic E-state index is 11.6. The van der Waals surface area contributed by atoms with Crippen LogP contribution in [-0.2, 0) is 0 Å². The number of aliphatic hydroxyl groups excluding tert-OH is 1. The highest BCUT2D eigenvalue weighted by Crippen LogP contribution is 2.18. The highest BCUT2D eigenvalue weighted by atomic mass is 16.3. The number of piperidine rings is 1. The zero-order chi connectivity index (χ0) is 15.9. The molecule has 5 nitrogen and oxygen atoms in total. The second-order valence-electron chi connectivity index (χ2n) is 7.40. The van der Waals surface area contributed by atoms with Crippen molar-refractivity contribution in [3.05, 3.63) is 0 Å². The van der Waals surface area contributed by atoms with Crippen molar-refractivity contribution in [1.29, 1.82) is 0 Å². The van der Waals surface area contributed by atoms with Gasteiger partial charge in [-0.1, -0.05) is 27.7 Å². The van der Waals surface area contributed by atoms with Gasteiger partial charge in [-0.3, -0.25) is 0 Å². The van der Waals surface area contributed by atoms with Gasteiger partial charge in [-0.15, -0.1) is 0 Å². The number of nitrogens with zero attached hydrogens (tertiary/aromatic N) is 1. The summed E-state index contributed by atoms with van der Waals surface area (Å²) >= 11 is 0. The second kappa shape index (κ2) is 8.59. The van der Waals surface area contributed by atoms with Crippen molar-refractivity contribution in [2.75, 3.05) is 32.7 Å². The van der Waals surface area contributed by atoms with Crippen molar-refractivity contribution >= 4 is 6.03 Å². The smallest absolute Gasteiger partial charge is 0.314 e. The minimum atomic E-state index is -0.529. The van der Waals surface area contributed by atoms with E-state index in [2.05, 4.69) is 22.5 Å². The topological polar surface area (TPSA) is 64.6 Å². The van der Waals surface area contributed by atoms with Gasteiger partial charge >= 0.3 is 6.03 Å². The minimum Gasteiger partial charge on any atom is -0.391 e. The standard InChI is InChI=1S/C16H33N3O2/c1-13-6-10-19(11-7-13)9-5-8-17-15(21)18-12-14(20)16(2,3)4/h13-14,20H,5-12H2,1-4H3,(H2,17,18,21). The van der Waals surface area contributed by atoms with E-state index in [0.717, 1.165) is 18.9 Å². The van der Waals surface area contributed by atoms with E-state index in [-0.39, 0.29) is 11.4 Å². The lowest BCUT2D eigenvalue weighted by atomic mass is 9.89. The van der Waals surface area contributed by atoms with Gasteiger partial charge in [-0.25, -0.2) is 4.79 Å². The van der Waals surface area contributed by atoms with E-state index in [1.165, 1.54) is 25.9 Å². The fourth-order valence-corrected chi connectivity index (χ4v) is 2.35. The Balaban J connectivity index is 2.03. The molecule has 1 atom stereocenters. The van der Waals surface area contributed by atoms with Crippen molar-refractivity contribution in [3.8, 4) is 0 Å². The number of nitrogens with one attached hydrogen (secondary N) is 2. The van der Waals surface area contributed by atoms with Crippen LogP contribution < -0.4 is 10.6 Å². The number of urea groups is 1. The normalized spacial score (nSPS) is 19.3. The number of hydrogen-bond donors (Lipinski definition) is 3. The molecule has 3 N–H and O–H groups in total. The predicted molar refractivity (Wildman–Crippen MR) is 86.3 cm³/mol. The lowest BCUT2D eigenvalue weighted by molar-refractivity contribution is 0.0650. The molecule has 0 bridgehead atoms. The van der Waals surface area contributed by atoms with Gasteiger partial charge in [0.25, 0.3) is 0 Å². The molecule has 2 amide bonds. The first-order valence-corrected chi connectivity index (χ1v) is 8.21. The Morgan fingerprint density at radius 2 is 1.90 bits per heavy atom. The zero-order valence-electron chi connectivity index (χ0n) is 14.1. The molecule has 1 aliphatic rings. The van der Waals surface area contributed by atoms with Crippen molar-refractivity contribution < 1.29 is 9.90 Å². The van der Waals surface area contributed by atoms with Crippen LogP contribution in [0.4, 0.5) is 4.79 Å². The molecule has 1 unspecified atom stereocenters. The van der Waals surface area contributed by atoms with Crippen LogP contribution in [0.15, 0.2) is 0 Å². The van der Waals surface area contributed by atoms with E-state index >= 15 is 0 Å². The van der Waals surface area contributed by atoms with Crippen molar-refractivity contribution in [3.63, 3.8) is 0 Å². The molecule has 124 valence electrons. The molecule has 0 radical (unpaired) electrons. The van der Waals surface area contributed by atoms with E-state index in [4.69, 9.17) is 0 Å². The van der Waals surface area contributed by atoms with Gasteiger partial charge in [0.15, 0.2) is 0 Å². The summed E-state index contributed by atoms with van der Waals surface area (Å²) < 4.78 is 0. The minimum absolute atomic E-state index is 0.189. The molecule has 1 heterocycles. The molecule has 0 aromatic rings. The summed E-state index contributed by atoms with van der Waals surface area (Å²) in [5, 5.41) is 15.4. The second-order valence-corrected chi connectivity index (χ2v) is 7.40. The summed E-state index contributed by atoms with van der Waals surface area (Å²) in [5.41, 5.74) is -0.210. The van der Waals surface area contributed by atoms with Gasteiger partial charge in [0, 0.05) is 13.1 Å². The number of rotatable bonds is 6. The van der Waals surface area contributed by atoms with E-state index in [9.17, 15) is 9.90 Å². The van der Waals surface area contributed by atoms with Gasteiger partial charge in [0.2, 0.25) is 0 Å². The van der Waals surface area contributed by atoms with Crippen LogP contribution in [0.5, 0.6) is 0 Å². The summed E-state index contributed by atoms with van der Waals surface area (Å²) in [4.78, 5) is 14.1. The predicted octanol–water partition coefficient (Wildman–Crippen LogP) is 1.81. The SMILES string of the molecule is CC1CCN(CCCNC(=O)NCC(O)C(C)(C)C)CC1. The average molecular weight is 299 g/mol. The van der Waals surface area contributed by atoms with Crippen molar-refractivity contribution in [2.24, 2.45) is 11.3 Å². The van der Waals surface area contributed by atoms with E-state index in [1.54, 1.807) is 0 Å². The van der Waals surface area contributed by atoms with Crippen LogP contribution in [-0.4, -0.2) is 54.9 Å². The molecule has 0 spiro atoms. The van der Waals surface area contributed by atoms with Crippen LogP contribution in [0.1, 0.15) is 47.0 Å². The Morgan fingerprint density at radius 1 is 1.29 bits per heavy atom. The largest absolute Gasteiger partial charge is 0.391 e. The first-order valence-electron chi connectivity index (χ1n) is 8.21. The molecule has 1 saturated heterocycles. The molecular formula is C16H33N3O2. The van der Waals surface area contributed by atoms with Crippen LogP contribution >= 0.6 is 0 Å². The quantitative estimate of drug-likeness (QED) is 0.656. The van der Waals surface area contributed by atoms with E-state index in [0.29, 0.717) is 13.1 Å². The third-order valence-electron chi connectivity index (χ3n) is 4.27. The molecule has 0 aromatic carbocycles. The number of carbonyl (C=O) groups is 1. The lowest BCUT2D eigenvalue weighted by Crippen LogP contribution is -2.44. The number of likely N-dealkylation sites (tertiary alicyclic amines) is 1. The fraction of sp³-hybridized carbons (Fsp3) is 0.938. The van der Waals surface area contributed by atoms with Crippen molar-refractivity contribution in [2.45, 2.75) is 53.1 Å². The Hall–Kier alpha value is -0.810. The van der Waals surface area contributed by atoms with Gasteiger partial charge in [0.1, 0.15) is 0 Å². The van der Waals surface area contributed by atoms with Crippen LogP contribution in [0, 0.1) is 11.3 Å². The summed E-state index contributed by atoms with van der Waals surface area (Å²) in [6, 6.07) is -0.189. The molecule has 1 rings (SSSR count). The zero-order valence-corrected chi connectivity index (χ0v) is 14.1. The third-order valence-corrected chi connectivity index (χ3v) is 4.27.